The van der Waals surface area contributed by atoms with Crippen LogP contribution in [0.3, 0.4) is 0 Å². The van der Waals surface area contributed by atoms with Gasteiger partial charge in [0.1, 0.15) is 17.0 Å². The Kier molecular flexibility index (Phi) is 5.51. The van der Waals surface area contributed by atoms with Crippen LogP contribution in [0.1, 0.15) is 24.0 Å². The minimum absolute atomic E-state index is 0.0441. The Morgan fingerprint density at radius 3 is 2.62 bits per heavy atom. The van der Waals surface area contributed by atoms with Crippen LogP contribution in [0.2, 0.25) is 0 Å². The van der Waals surface area contributed by atoms with Crippen molar-refractivity contribution in [2.45, 2.75) is 32.2 Å². The van der Waals surface area contributed by atoms with E-state index in [1.54, 1.807) is 31.4 Å². The van der Waals surface area contributed by atoms with Gasteiger partial charge in [0.05, 0.1) is 17.8 Å². The van der Waals surface area contributed by atoms with Crippen LogP contribution in [-0.4, -0.2) is 31.9 Å². The second-order valence-electron chi connectivity index (χ2n) is 8.66. The predicted molar refractivity (Wildman–Crippen MR) is 126 cm³/mol. The lowest BCUT2D eigenvalue weighted by atomic mass is 9.99. The lowest BCUT2D eigenvalue weighted by Crippen LogP contribution is -2.35. The fourth-order valence-electron chi connectivity index (χ4n) is 4.50. The lowest BCUT2D eigenvalue weighted by Gasteiger charge is -2.11. The van der Waals surface area contributed by atoms with Gasteiger partial charge in [-0.1, -0.05) is 12.1 Å². The summed E-state index contributed by atoms with van der Waals surface area (Å²) in [4.78, 5) is 25.0. The molecule has 2 aromatic heterocycles. The third-order valence-electron chi connectivity index (χ3n) is 6.34. The van der Waals surface area contributed by atoms with E-state index in [0.717, 1.165) is 16.5 Å². The number of amides is 1. The largest absolute Gasteiger partial charge is 0.464 e. The summed E-state index contributed by atoms with van der Waals surface area (Å²) in [6, 6.07) is 9.24. The topological polar surface area (TPSA) is 107 Å². The van der Waals surface area contributed by atoms with Gasteiger partial charge in [-0.2, -0.15) is 0 Å². The molecule has 0 saturated carbocycles. The minimum atomic E-state index is -3.09. The zero-order chi connectivity index (χ0) is 24.0. The number of aryl methyl sites for hydroxylation is 1. The molecule has 1 fully saturated rings. The number of halogens is 1. The molecular formula is C25H22FNO6S. The van der Waals surface area contributed by atoms with E-state index in [1.807, 2.05) is 6.07 Å². The van der Waals surface area contributed by atoms with Crippen molar-refractivity contribution in [1.29, 1.82) is 0 Å². The maximum atomic E-state index is 13.3. The Balaban J connectivity index is 1.44. The van der Waals surface area contributed by atoms with E-state index in [-0.39, 0.29) is 42.1 Å². The summed E-state index contributed by atoms with van der Waals surface area (Å²) < 4.78 is 47.7. The molecule has 0 aliphatic carbocycles. The molecule has 5 rings (SSSR count). The molecule has 1 aliphatic rings. The van der Waals surface area contributed by atoms with Crippen molar-refractivity contribution in [3.05, 3.63) is 70.0 Å². The number of furan rings is 1. The van der Waals surface area contributed by atoms with Gasteiger partial charge >= 0.3 is 5.63 Å². The van der Waals surface area contributed by atoms with Crippen molar-refractivity contribution in [3.63, 3.8) is 0 Å². The van der Waals surface area contributed by atoms with Crippen LogP contribution in [0.15, 0.2) is 56.3 Å². The molecule has 0 spiro atoms. The summed E-state index contributed by atoms with van der Waals surface area (Å²) in [5, 5.41) is 4.25. The number of hydrogen-bond donors (Lipinski definition) is 1. The number of hydrogen-bond acceptors (Lipinski definition) is 6. The summed E-state index contributed by atoms with van der Waals surface area (Å²) in [7, 11) is -3.09. The normalized spacial score (nSPS) is 17.4. The molecule has 1 N–H and O–H groups in total. The molecule has 1 atom stereocenters. The number of benzene rings is 2. The first-order chi connectivity index (χ1) is 16.2. The zero-order valence-corrected chi connectivity index (χ0v) is 19.2. The molecule has 7 nitrogen and oxygen atoms in total. The molecule has 9 heteroatoms. The SMILES string of the molecule is Cc1c(CCC(=O)NC2CCS(=O)(=O)C2)c(=O)oc2cc3occ(-c4ccc(F)cc4)c3cc12. The molecule has 2 aromatic carbocycles. The maximum absolute atomic E-state index is 13.3. The van der Waals surface area contributed by atoms with Crippen molar-refractivity contribution in [3.8, 4) is 11.1 Å². The van der Waals surface area contributed by atoms with E-state index in [2.05, 4.69) is 5.32 Å². The number of carbonyl (C=O) groups excluding carboxylic acids is 1. The number of fused-ring (bicyclic) bond motifs is 2. The second kappa shape index (κ2) is 8.39. The highest BCUT2D eigenvalue weighted by Crippen LogP contribution is 2.34. The lowest BCUT2D eigenvalue weighted by molar-refractivity contribution is -0.121. The summed E-state index contributed by atoms with van der Waals surface area (Å²) >= 11 is 0. The van der Waals surface area contributed by atoms with Crippen molar-refractivity contribution in [1.82, 2.24) is 5.32 Å². The maximum Gasteiger partial charge on any atom is 0.339 e. The fraction of sp³-hybridized carbons (Fsp3) is 0.280. The number of rotatable bonds is 5. The summed E-state index contributed by atoms with van der Waals surface area (Å²) in [5.74, 6) is -0.603. The molecule has 176 valence electrons. The molecule has 1 saturated heterocycles. The Labute approximate surface area is 194 Å². The number of sulfone groups is 1. The van der Waals surface area contributed by atoms with Gasteiger partial charge in [0.15, 0.2) is 9.84 Å². The molecule has 1 amide bonds. The first-order valence-corrected chi connectivity index (χ1v) is 12.8. The van der Waals surface area contributed by atoms with Crippen molar-refractivity contribution in [2.75, 3.05) is 11.5 Å². The van der Waals surface area contributed by atoms with E-state index >= 15 is 0 Å². The smallest absolute Gasteiger partial charge is 0.339 e. The minimum Gasteiger partial charge on any atom is -0.464 e. The van der Waals surface area contributed by atoms with Crippen LogP contribution >= 0.6 is 0 Å². The van der Waals surface area contributed by atoms with Crippen LogP contribution in [0.4, 0.5) is 4.39 Å². The Hall–Kier alpha value is -3.46. The number of carbonyl (C=O) groups is 1. The van der Waals surface area contributed by atoms with Crippen molar-refractivity contribution in [2.24, 2.45) is 0 Å². The van der Waals surface area contributed by atoms with Crippen LogP contribution in [0.25, 0.3) is 33.1 Å². The summed E-state index contributed by atoms with van der Waals surface area (Å²) in [6.07, 6.45) is 2.20. The van der Waals surface area contributed by atoms with Gasteiger partial charge in [-0.05, 0) is 49.1 Å². The quantitative estimate of drug-likeness (QED) is 0.432. The molecule has 0 bridgehead atoms. The van der Waals surface area contributed by atoms with Gasteiger partial charge in [-0.15, -0.1) is 0 Å². The van der Waals surface area contributed by atoms with E-state index in [1.165, 1.54) is 12.1 Å². The van der Waals surface area contributed by atoms with E-state index in [4.69, 9.17) is 8.83 Å². The Bertz CT molecular complexity index is 1580. The van der Waals surface area contributed by atoms with Gasteiger partial charge in [-0.25, -0.2) is 17.6 Å². The summed E-state index contributed by atoms with van der Waals surface area (Å²) in [6.45, 7) is 1.81. The standard InChI is InChI=1S/C25H22FNO6S/c1-14-18(6-7-24(28)27-17-8-9-34(30,31)13-17)25(29)33-23-11-22-20(10-19(14)23)21(12-32-22)15-2-4-16(26)5-3-15/h2-5,10-12,17H,6-9,13H2,1H3,(H,27,28). The first-order valence-electron chi connectivity index (χ1n) is 10.9. The third-order valence-corrected chi connectivity index (χ3v) is 8.10. The average molecular weight is 484 g/mol. The first kappa shape index (κ1) is 22.3. The highest BCUT2D eigenvalue weighted by atomic mass is 32.2. The molecule has 1 unspecified atom stereocenters. The van der Waals surface area contributed by atoms with E-state index < -0.39 is 15.5 Å². The molecule has 4 aromatic rings. The van der Waals surface area contributed by atoms with Crippen LogP contribution in [0.5, 0.6) is 0 Å². The van der Waals surface area contributed by atoms with Gasteiger partial charge in [0.2, 0.25) is 5.91 Å². The van der Waals surface area contributed by atoms with E-state index in [9.17, 15) is 22.4 Å². The molecule has 1 aliphatic heterocycles. The average Bonchev–Trinajstić information content (AvgIpc) is 3.35. The summed E-state index contributed by atoms with van der Waals surface area (Å²) in [5.41, 5.74) is 3.07. The Morgan fingerprint density at radius 2 is 1.91 bits per heavy atom. The predicted octanol–water partition coefficient (Wildman–Crippen LogP) is 3.89. The van der Waals surface area contributed by atoms with Gasteiger partial charge in [-0.3, -0.25) is 4.79 Å². The Morgan fingerprint density at radius 1 is 1.15 bits per heavy atom. The van der Waals surface area contributed by atoms with Gasteiger partial charge in [0.25, 0.3) is 0 Å². The zero-order valence-electron chi connectivity index (χ0n) is 18.4. The van der Waals surface area contributed by atoms with Crippen LogP contribution in [0, 0.1) is 12.7 Å². The van der Waals surface area contributed by atoms with Crippen molar-refractivity contribution < 1.29 is 26.4 Å². The second-order valence-corrected chi connectivity index (χ2v) is 10.9. The van der Waals surface area contributed by atoms with Crippen LogP contribution < -0.4 is 10.9 Å². The number of nitrogens with one attached hydrogen (secondary N) is 1. The third kappa shape index (κ3) is 4.23. The monoisotopic (exact) mass is 483 g/mol. The molecule has 0 radical (unpaired) electrons. The highest BCUT2D eigenvalue weighted by molar-refractivity contribution is 7.91. The molecule has 34 heavy (non-hydrogen) atoms. The fourth-order valence-corrected chi connectivity index (χ4v) is 6.17. The van der Waals surface area contributed by atoms with Gasteiger partial charge < -0.3 is 14.2 Å². The van der Waals surface area contributed by atoms with Crippen LogP contribution in [-0.2, 0) is 21.1 Å². The van der Waals surface area contributed by atoms with E-state index in [0.29, 0.717) is 34.1 Å². The van der Waals surface area contributed by atoms with Gasteiger partial charge in [0, 0.05) is 40.4 Å². The highest BCUT2D eigenvalue weighted by Gasteiger charge is 2.29. The molecule has 3 heterocycles. The van der Waals surface area contributed by atoms with Crippen molar-refractivity contribution >= 4 is 37.7 Å². The molecular weight excluding hydrogens is 461 g/mol.